The number of hydrogen-bond acceptors (Lipinski definition) is 0. The van der Waals surface area contributed by atoms with Gasteiger partial charge in [-0.05, 0) is 54.6 Å². The predicted molar refractivity (Wildman–Crippen MR) is 123 cm³/mol. The number of benzene rings is 4. The summed E-state index contributed by atoms with van der Waals surface area (Å²) in [6, 6.07) is 33.8. The van der Waals surface area contributed by atoms with Gasteiger partial charge in [0, 0.05) is 38.8 Å². The van der Waals surface area contributed by atoms with Gasteiger partial charge in [0.1, 0.15) is 0 Å². The Bertz CT molecular complexity index is 1490. The summed E-state index contributed by atoms with van der Waals surface area (Å²) < 4.78 is 4.59. The fraction of sp³-hybridized carbons (Fsp3) is 0. The molecule has 6 rings (SSSR count). The van der Waals surface area contributed by atoms with E-state index in [1.807, 2.05) is 12.1 Å². The van der Waals surface area contributed by atoms with E-state index in [2.05, 4.69) is 100 Å². The molecule has 2 aromatic heterocycles. The van der Waals surface area contributed by atoms with E-state index in [9.17, 15) is 0 Å². The zero-order valence-corrected chi connectivity index (χ0v) is 16.3. The summed E-state index contributed by atoms with van der Waals surface area (Å²) in [7, 11) is 0. The molecule has 0 amide bonds. The smallest absolute Gasteiger partial charge is 0.0635 e. The number of para-hydroxylation sites is 2. The molecule has 0 fully saturated rings. The minimum absolute atomic E-state index is 0.756. The van der Waals surface area contributed by atoms with Gasteiger partial charge < -0.3 is 9.13 Å². The van der Waals surface area contributed by atoms with Gasteiger partial charge in [0.2, 0.25) is 0 Å². The van der Waals surface area contributed by atoms with Crippen molar-refractivity contribution in [3.8, 4) is 11.4 Å². The maximum atomic E-state index is 6.36. The van der Waals surface area contributed by atoms with Crippen LogP contribution < -0.4 is 0 Å². The van der Waals surface area contributed by atoms with Crippen molar-refractivity contribution in [2.45, 2.75) is 0 Å². The normalized spacial score (nSPS) is 11.6. The lowest BCUT2D eigenvalue weighted by Crippen LogP contribution is -1.94. The summed E-state index contributed by atoms with van der Waals surface area (Å²) in [5, 5.41) is 4.37. The van der Waals surface area contributed by atoms with Gasteiger partial charge in [0.05, 0.1) is 16.6 Å². The number of aromatic nitrogens is 2. The second-order valence-electron chi connectivity index (χ2n) is 7.25. The Morgan fingerprint density at radius 2 is 1.24 bits per heavy atom. The van der Waals surface area contributed by atoms with Crippen LogP contribution in [-0.4, -0.2) is 9.13 Å². The molecule has 0 aliphatic rings. The second kappa shape index (κ2) is 6.26. The molecular formula is C26H17ClN2. The summed E-state index contributed by atoms with van der Waals surface area (Å²) in [5.41, 5.74) is 5.87. The summed E-state index contributed by atoms with van der Waals surface area (Å²) in [5.74, 6) is 0. The summed E-state index contributed by atoms with van der Waals surface area (Å²) in [4.78, 5) is 0. The van der Waals surface area contributed by atoms with E-state index >= 15 is 0 Å². The van der Waals surface area contributed by atoms with Crippen LogP contribution in [0.3, 0.4) is 0 Å². The highest BCUT2D eigenvalue weighted by molar-refractivity contribution is 6.32. The molecule has 0 spiro atoms. The summed E-state index contributed by atoms with van der Waals surface area (Å²) in [6.45, 7) is 0. The highest BCUT2D eigenvalue weighted by atomic mass is 35.5. The highest BCUT2D eigenvalue weighted by Gasteiger charge is 2.17. The summed E-state index contributed by atoms with van der Waals surface area (Å²) in [6.07, 6.45) is 2.15. The van der Waals surface area contributed by atoms with Crippen LogP contribution in [0.1, 0.15) is 0 Å². The first-order valence-electron chi connectivity index (χ1n) is 9.66. The molecule has 0 aliphatic carbocycles. The molecule has 29 heavy (non-hydrogen) atoms. The molecule has 0 saturated heterocycles. The topological polar surface area (TPSA) is 9.86 Å². The molecule has 0 radical (unpaired) electrons. The van der Waals surface area contributed by atoms with E-state index in [4.69, 9.17) is 11.6 Å². The van der Waals surface area contributed by atoms with Crippen LogP contribution in [-0.2, 0) is 0 Å². The van der Waals surface area contributed by atoms with Crippen LogP contribution in [0.5, 0.6) is 0 Å². The lowest BCUT2D eigenvalue weighted by atomic mass is 10.1. The van der Waals surface area contributed by atoms with Crippen molar-refractivity contribution in [1.29, 1.82) is 0 Å². The average molecular weight is 393 g/mol. The number of nitrogens with zero attached hydrogens (tertiary/aromatic N) is 2. The molecule has 0 aliphatic heterocycles. The molecule has 0 atom stereocenters. The van der Waals surface area contributed by atoms with Gasteiger partial charge in [-0.2, -0.15) is 0 Å². The van der Waals surface area contributed by atoms with Crippen molar-refractivity contribution in [2.24, 2.45) is 0 Å². The van der Waals surface area contributed by atoms with E-state index < -0.39 is 0 Å². The SMILES string of the molecule is Clc1ccc2c(c1)c1ccc3c(ccn3-c3ccccc3)c1n2-c1ccccc1. The number of halogens is 1. The van der Waals surface area contributed by atoms with Crippen molar-refractivity contribution >= 4 is 44.3 Å². The van der Waals surface area contributed by atoms with Crippen LogP contribution in [0.25, 0.3) is 44.1 Å². The molecule has 0 bridgehead atoms. The van der Waals surface area contributed by atoms with Gasteiger partial charge in [-0.1, -0.05) is 54.1 Å². The van der Waals surface area contributed by atoms with E-state index in [-0.39, 0.29) is 0 Å². The Labute approximate surface area is 173 Å². The Morgan fingerprint density at radius 1 is 0.552 bits per heavy atom. The Morgan fingerprint density at radius 3 is 2.00 bits per heavy atom. The molecule has 6 aromatic rings. The third kappa shape index (κ3) is 2.43. The van der Waals surface area contributed by atoms with Crippen molar-refractivity contribution in [3.05, 3.63) is 108 Å². The zero-order valence-electron chi connectivity index (χ0n) is 15.6. The first-order chi connectivity index (χ1) is 14.3. The Hall–Kier alpha value is -3.49. The van der Waals surface area contributed by atoms with Crippen molar-refractivity contribution in [3.63, 3.8) is 0 Å². The van der Waals surface area contributed by atoms with Gasteiger partial charge in [0.25, 0.3) is 0 Å². The molecule has 3 heteroatoms. The molecule has 138 valence electrons. The maximum Gasteiger partial charge on any atom is 0.0635 e. The molecule has 0 unspecified atom stereocenters. The minimum atomic E-state index is 0.756. The van der Waals surface area contributed by atoms with E-state index in [0.717, 1.165) is 21.9 Å². The zero-order chi connectivity index (χ0) is 19.4. The van der Waals surface area contributed by atoms with Crippen molar-refractivity contribution in [1.82, 2.24) is 9.13 Å². The molecule has 2 heterocycles. The molecule has 0 N–H and O–H groups in total. The quantitative estimate of drug-likeness (QED) is 0.291. The number of fused-ring (bicyclic) bond motifs is 5. The molecule has 4 aromatic carbocycles. The van der Waals surface area contributed by atoms with Crippen molar-refractivity contribution < 1.29 is 0 Å². The molecule has 2 nitrogen and oxygen atoms in total. The Kier molecular flexibility index (Phi) is 3.56. The van der Waals surface area contributed by atoms with Crippen LogP contribution in [0.4, 0.5) is 0 Å². The van der Waals surface area contributed by atoms with Gasteiger partial charge in [-0.15, -0.1) is 0 Å². The number of hydrogen-bond donors (Lipinski definition) is 0. The minimum Gasteiger partial charge on any atom is -0.316 e. The monoisotopic (exact) mass is 392 g/mol. The fourth-order valence-electron chi connectivity index (χ4n) is 4.36. The first-order valence-corrected chi connectivity index (χ1v) is 10.0. The van der Waals surface area contributed by atoms with Gasteiger partial charge in [-0.25, -0.2) is 0 Å². The molecular weight excluding hydrogens is 376 g/mol. The summed E-state index contributed by atoms with van der Waals surface area (Å²) >= 11 is 6.36. The lowest BCUT2D eigenvalue weighted by molar-refractivity contribution is 1.13. The maximum absolute atomic E-state index is 6.36. The van der Waals surface area contributed by atoms with E-state index in [0.29, 0.717) is 0 Å². The van der Waals surface area contributed by atoms with Crippen molar-refractivity contribution in [2.75, 3.05) is 0 Å². The van der Waals surface area contributed by atoms with Gasteiger partial charge >= 0.3 is 0 Å². The first kappa shape index (κ1) is 16.5. The van der Waals surface area contributed by atoms with Crippen LogP contribution in [0.2, 0.25) is 5.02 Å². The lowest BCUT2D eigenvalue weighted by Gasteiger charge is -2.09. The standard InChI is InChI=1S/C26H17ClN2/c27-18-11-13-25-23(17-18)21-12-14-24-22(15-16-28(24)19-7-3-1-4-8-19)26(21)29(25)20-9-5-2-6-10-20/h1-17H. The van der Waals surface area contributed by atoms with E-state index in [1.165, 1.54) is 27.2 Å². The van der Waals surface area contributed by atoms with Gasteiger partial charge in [-0.3, -0.25) is 0 Å². The third-order valence-corrected chi connectivity index (χ3v) is 5.84. The average Bonchev–Trinajstić information content (AvgIpc) is 3.34. The second-order valence-corrected chi connectivity index (χ2v) is 7.68. The highest BCUT2D eigenvalue weighted by Crippen LogP contribution is 2.38. The largest absolute Gasteiger partial charge is 0.316 e. The van der Waals surface area contributed by atoms with E-state index in [1.54, 1.807) is 0 Å². The van der Waals surface area contributed by atoms with Crippen LogP contribution in [0.15, 0.2) is 103 Å². The fourth-order valence-corrected chi connectivity index (χ4v) is 4.53. The van der Waals surface area contributed by atoms with Crippen LogP contribution >= 0.6 is 11.6 Å². The van der Waals surface area contributed by atoms with Gasteiger partial charge in [0.15, 0.2) is 0 Å². The Balaban J connectivity index is 1.79. The molecule has 0 saturated carbocycles. The van der Waals surface area contributed by atoms with Crippen LogP contribution in [0, 0.1) is 0 Å². The predicted octanol–water partition coefficient (Wildman–Crippen LogP) is 7.38. The third-order valence-electron chi connectivity index (χ3n) is 5.61. The number of rotatable bonds is 2.